The summed E-state index contributed by atoms with van der Waals surface area (Å²) in [6.07, 6.45) is 5.70. The lowest BCUT2D eigenvalue weighted by Gasteiger charge is -2.37. The second-order valence-electron chi connectivity index (χ2n) is 9.04. The van der Waals surface area contributed by atoms with Crippen molar-refractivity contribution < 1.29 is 13.9 Å². The maximum Gasteiger partial charge on any atom is 0.240 e. The van der Waals surface area contributed by atoms with Crippen molar-refractivity contribution in [3.05, 3.63) is 30.1 Å². The topological polar surface area (TPSA) is 36.0 Å². The second-order valence-corrected chi connectivity index (χ2v) is 9.04. The van der Waals surface area contributed by atoms with Crippen LogP contribution in [0.4, 0.5) is 4.39 Å². The summed E-state index contributed by atoms with van der Waals surface area (Å²) in [7, 11) is 0. The minimum atomic E-state index is -0.266. The number of nitrogens with zero attached hydrogens (tertiary/aromatic N) is 3. The number of benzene rings is 1. The van der Waals surface area contributed by atoms with Gasteiger partial charge in [0.2, 0.25) is 5.91 Å². The van der Waals surface area contributed by atoms with Gasteiger partial charge in [-0.2, -0.15) is 0 Å². The number of hydrogen-bond donors (Lipinski definition) is 0. The van der Waals surface area contributed by atoms with E-state index in [0.717, 1.165) is 45.2 Å². The average molecular weight is 404 g/mol. The fourth-order valence-electron chi connectivity index (χ4n) is 4.91. The van der Waals surface area contributed by atoms with Crippen molar-refractivity contribution in [1.29, 1.82) is 0 Å². The van der Waals surface area contributed by atoms with Crippen molar-refractivity contribution in [3.8, 4) is 5.75 Å². The lowest BCUT2D eigenvalue weighted by atomic mass is 9.91. The molecule has 0 radical (unpaired) electrons. The van der Waals surface area contributed by atoms with E-state index in [0.29, 0.717) is 12.2 Å². The highest BCUT2D eigenvalue weighted by Crippen LogP contribution is 2.28. The fourth-order valence-corrected chi connectivity index (χ4v) is 4.91. The van der Waals surface area contributed by atoms with Crippen LogP contribution in [0.5, 0.6) is 5.75 Å². The Balaban J connectivity index is 1.38. The third-order valence-electron chi connectivity index (χ3n) is 6.80. The van der Waals surface area contributed by atoms with Crippen molar-refractivity contribution in [2.45, 2.75) is 70.2 Å². The molecular formula is C23H34FN3O2. The summed E-state index contributed by atoms with van der Waals surface area (Å²) >= 11 is 0. The molecule has 3 fully saturated rings. The molecule has 1 saturated carbocycles. The molecule has 2 aliphatic heterocycles. The third kappa shape index (κ3) is 4.75. The molecule has 0 spiro atoms. The van der Waals surface area contributed by atoms with Crippen molar-refractivity contribution in [2.24, 2.45) is 0 Å². The summed E-state index contributed by atoms with van der Waals surface area (Å²) in [5.41, 5.74) is 0. The Labute approximate surface area is 173 Å². The van der Waals surface area contributed by atoms with E-state index in [1.807, 2.05) is 0 Å². The number of amides is 1. The summed E-state index contributed by atoms with van der Waals surface area (Å²) in [4.78, 5) is 20.4. The first-order valence-electron chi connectivity index (χ1n) is 11.2. The van der Waals surface area contributed by atoms with E-state index >= 15 is 0 Å². The molecule has 0 N–H and O–H groups in total. The molecule has 0 bridgehead atoms. The van der Waals surface area contributed by atoms with Gasteiger partial charge in [0.1, 0.15) is 17.7 Å². The lowest BCUT2D eigenvalue weighted by Crippen LogP contribution is -2.49. The van der Waals surface area contributed by atoms with E-state index in [2.05, 4.69) is 28.5 Å². The average Bonchev–Trinajstić information content (AvgIpc) is 2.93. The number of likely N-dealkylation sites (tertiary alicyclic amines) is 1. The van der Waals surface area contributed by atoms with Crippen LogP contribution in [0, 0.1) is 5.82 Å². The zero-order valence-electron chi connectivity index (χ0n) is 17.7. The van der Waals surface area contributed by atoms with E-state index < -0.39 is 0 Å². The third-order valence-corrected chi connectivity index (χ3v) is 6.80. The van der Waals surface area contributed by atoms with Crippen LogP contribution >= 0.6 is 0 Å². The van der Waals surface area contributed by atoms with Gasteiger partial charge in [0.05, 0.1) is 6.04 Å². The van der Waals surface area contributed by atoms with Gasteiger partial charge in [-0.05, 0) is 57.4 Å². The van der Waals surface area contributed by atoms with Gasteiger partial charge in [0.25, 0.3) is 0 Å². The Bertz CT molecular complexity index is 692. The summed E-state index contributed by atoms with van der Waals surface area (Å²) in [5.74, 6) is 0.649. The number of carbonyl (C=O) groups is 1. The number of hydrogen-bond acceptors (Lipinski definition) is 4. The Hall–Kier alpha value is -1.66. The molecule has 0 aromatic heterocycles. The van der Waals surface area contributed by atoms with Gasteiger partial charge in [-0.25, -0.2) is 4.39 Å². The molecule has 4 rings (SSSR count). The van der Waals surface area contributed by atoms with Crippen LogP contribution < -0.4 is 4.74 Å². The SMILES string of the molecule is CC(C)N1C[C@@H](Oc2ccc(F)cc2)C[C@H]1C(=O)N1CCCN(C2CCC2)CC1. The van der Waals surface area contributed by atoms with Crippen LogP contribution in [0.15, 0.2) is 24.3 Å². The Morgan fingerprint density at radius 2 is 1.83 bits per heavy atom. The van der Waals surface area contributed by atoms with Crippen LogP contribution in [0.2, 0.25) is 0 Å². The number of ether oxygens (including phenoxy) is 1. The van der Waals surface area contributed by atoms with Gasteiger partial charge in [0, 0.05) is 51.2 Å². The van der Waals surface area contributed by atoms with Gasteiger partial charge >= 0.3 is 0 Å². The van der Waals surface area contributed by atoms with Crippen molar-refractivity contribution >= 4 is 5.91 Å². The number of carbonyl (C=O) groups excluding carboxylic acids is 1. The molecule has 5 nitrogen and oxygen atoms in total. The summed E-state index contributed by atoms with van der Waals surface area (Å²) in [5, 5.41) is 0. The number of halogens is 1. The summed E-state index contributed by atoms with van der Waals surface area (Å²) < 4.78 is 19.2. The lowest BCUT2D eigenvalue weighted by molar-refractivity contribution is -0.136. The first kappa shape index (κ1) is 20.6. The predicted molar refractivity (Wildman–Crippen MR) is 111 cm³/mol. The number of rotatable bonds is 5. The van der Waals surface area contributed by atoms with E-state index in [4.69, 9.17) is 4.74 Å². The first-order chi connectivity index (χ1) is 14.0. The second kappa shape index (κ2) is 9.00. The van der Waals surface area contributed by atoms with E-state index in [-0.39, 0.29) is 29.9 Å². The van der Waals surface area contributed by atoms with E-state index in [1.165, 1.54) is 31.4 Å². The normalized spacial score (nSPS) is 27.1. The van der Waals surface area contributed by atoms with Gasteiger partial charge in [-0.15, -0.1) is 0 Å². The highest BCUT2D eigenvalue weighted by Gasteiger charge is 2.41. The van der Waals surface area contributed by atoms with Crippen LogP contribution in [0.1, 0.15) is 46.0 Å². The highest BCUT2D eigenvalue weighted by atomic mass is 19.1. The van der Waals surface area contributed by atoms with Crippen LogP contribution in [0.3, 0.4) is 0 Å². The maximum absolute atomic E-state index is 13.4. The molecular weight excluding hydrogens is 369 g/mol. The molecule has 2 atom stereocenters. The van der Waals surface area contributed by atoms with Crippen molar-refractivity contribution in [3.63, 3.8) is 0 Å². The zero-order valence-corrected chi connectivity index (χ0v) is 17.7. The molecule has 1 aromatic rings. The molecule has 1 aromatic carbocycles. The highest BCUT2D eigenvalue weighted by molar-refractivity contribution is 5.82. The largest absolute Gasteiger partial charge is 0.489 e. The molecule has 6 heteroatoms. The molecule has 0 unspecified atom stereocenters. The van der Waals surface area contributed by atoms with E-state index in [1.54, 1.807) is 12.1 Å². The quantitative estimate of drug-likeness (QED) is 0.757. The van der Waals surface area contributed by atoms with Crippen molar-refractivity contribution in [1.82, 2.24) is 14.7 Å². The van der Waals surface area contributed by atoms with Crippen molar-refractivity contribution in [2.75, 3.05) is 32.7 Å². The molecule has 2 heterocycles. The Morgan fingerprint density at radius 3 is 2.48 bits per heavy atom. The van der Waals surface area contributed by atoms with Gasteiger partial charge < -0.3 is 9.64 Å². The fraction of sp³-hybridized carbons (Fsp3) is 0.696. The molecule has 3 aliphatic rings. The first-order valence-corrected chi connectivity index (χ1v) is 11.2. The minimum Gasteiger partial charge on any atom is -0.489 e. The van der Waals surface area contributed by atoms with Crippen LogP contribution in [0.25, 0.3) is 0 Å². The molecule has 160 valence electrons. The standard InChI is InChI=1S/C23H34FN3O2/c1-17(2)27-16-21(29-20-9-7-18(24)8-10-20)15-22(27)23(28)26-12-4-11-25(13-14-26)19-5-3-6-19/h7-10,17,19,21-22H,3-6,11-16H2,1-2H3/t21-,22-/m0/s1. The Kier molecular flexibility index (Phi) is 6.40. The van der Waals surface area contributed by atoms with Gasteiger partial charge in [-0.1, -0.05) is 6.42 Å². The van der Waals surface area contributed by atoms with Gasteiger partial charge in [-0.3, -0.25) is 14.6 Å². The van der Waals surface area contributed by atoms with Crippen LogP contribution in [-0.2, 0) is 4.79 Å². The minimum absolute atomic E-state index is 0.0461. The monoisotopic (exact) mass is 403 g/mol. The van der Waals surface area contributed by atoms with Crippen LogP contribution in [-0.4, -0.2) is 77.6 Å². The predicted octanol–water partition coefficient (Wildman–Crippen LogP) is 3.14. The molecule has 29 heavy (non-hydrogen) atoms. The summed E-state index contributed by atoms with van der Waals surface area (Å²) in [6, 6.07) is 7.05. The molecule has 1 amide bonds. The van der Waals surface area contributed by atoms with Gasteiger partial charge in [0.15, 0.2) is 0 Å². The molecule has 2 saturated heterocycles. The Morgan fingerprint density at radius 1 is 1.07 bits per heavy atom. The van der Waals surface area contributed by atoms with E-state index in [9.17, 15) is 9.18 Å². The molecule has 1 aliphatic carbocycles. The zero-order chi connectivity index (χ0) is 20.4. The summed E-state index contributed by atoms with van der Waals surface area (Å²) in [6.45, 7) is 8.81. The maximum atomic E-state index is 13.4. The smallest absolute Gasteiger partial charge is 0.240 e.